The minimum Gasteiger partial charge on any atom is -0.496 e. The van der Waals surface area contributed by atoms with Crippen molar-refractivity contribution in [3.63, 3.8) is 0 Å². The molecule has 160 valence electrons. The van der Waals surface area contributed by atoms with Crippen LogP contribution in [0.3, 0.4) is 0 Å². The number of nitrogens with zero attached hydrogens (tertiary/aromatic N) is 4. The smallest absolute Gasteiger partial charge is 0.194 e. The van der Waals surface area contributed by atoms with Crippen molar-refractivity contribution < 1.29 is 4.74 Å². The van der Waals surface area contributed by atoms with Gasteiger partial charge in [-0.2, -0.15) is 0 Å². The van der Waals surface area contributed by atoms with E-state index in [1.54, 1.807) is 13.3 Å². The normalized spacial score (nSPS) is 11.0. The van der Waals surface area contributed by atoms with Crippen LogP contribution in [0.5, 0.6) is 5.75 Å². The number of methoxy groups -OCH3 is 1. The van der Waals surface area contributed by atoms with Gasteiger partial charge in [0.1, 0.15) is 5.75 Å². The standard InChI is InChI=1S/C23H29N5O.HI/c1-4-25-23(27(2)17-21-7-5-6-8-22(21)29-3)26-15-19-9-11-20(12-10-19)16-28-14-13-24-18-28;/h5-14,18H,4,15-17H2,1-3H3,(H,25,26);1H. The van der Waals surface area contributed by atoms with E-state index in [2.05, 4.69) is 57.0 Å². The van der Waals surface area contributed by atoms with Gasteiger partial charge in [-0.15, -0.1) is 24.0 Å². The Morgan fingerprint density at radius 2 is 1.87 bits per heavy atom. The molecule has 0 saturated carbocycles. The second-order valence-electron chi connectivity index (χ2n) is 6.89. The van der Waals surface area contributed by atoms with Crippen LogP contribution in [0.4, 0.5) is 0 Å². The van der Waals surface area contributed by atoms with Crippen LogP contribution in [-0.4, -0.2) is 41.1 Å². The molecule has 0 bridgehead atoms. The molecule has 3 aromatic rings. The molecular weight excluding hydrogens is 489 g/mol. The molecule has 6 nitrogen and oxygen atoms in total. The Hall–Kier alpha value is -2.55. The van der Waals surface area contributed by atoms with Crippen LogP contribution >= 0.6 is 24.0 Å². The summed E-state index contributed by atoms with van der Waals surface area (Å²) in [4.78, 5) is 11.0. The number of ether oxygens (including phenoxy) is 1. The van der Waals surface area contributed by atoms with Crippen LogP contribution in [0, 0.1) is 0 Å². The van der Waals surface area contributed by atoms with Crippen LogP contribution < -0.4 is 10.1 Å². The van der Waals surface area contributed by atoms with E-state index in [0.29, 0.717) is 6.54 Å². The summed E-state index contributed by atoms with van der Waals surface area (Å²) in [7, 11) is 3.75. The number of halogens is 1. The van der Waals surface area contributed by atoms with Gasteiger partial charge in [0.25, 0.3) is 0 Å². The number of imidazole rings is 1. The van der Waals surface area contributed by atoms with Crippen LogP contribution in [0.15, 0.2) is 72.2 Å². The maximum atomic E-state index is 5.47. The minimum absolute atomic E-state index is 0. The quantitative estimate of drug-likeness (QED) is 0.276. The SMILES string of the molecule is CCNC(=NCc1ccc(Cn2ccnc2)cc1)N(C)Cc1ccccc1OC.I. The molecule has 1 N–H and O–H groups in total. The van der Waals surface area contributed by atoms with Gasteiger partial charge in [-0.25, -0.2) is 9.98 Å². The van der Waals surface area contributed by atoms with Gasteiger partial charge in [0, 0.05) is 44.6 Å². The van der Waals surface area contributed by atoms with Crippen molar-refractivity contribution in [1.29, 1.82) is 0 Å². The highest BCUT2D eigenvalue weighted by molar-refractivity contribution is 14.0. The highest BCUT2D eigenvalue weighted by atomic mass is 127. The summed E-state index contributed by atoms with van der Waals surface area (Å²) in [5.74, 6) is 1.77. The third kappa shape index (κ3) is 6.76. The molecule has 0 radical (unpaired) electrons. The van der Waals surface area contributed by atoms with Crippen molar-refractivity contribution in [2.45, 2.75) is 26.6 Å². The third-order valence-corrected chi connectivity index (χ3v) is 4.66. The Bertz CT molecular complexity index is 910. The van der Waals surface area contributed by atoms with E-state index < -0.39 is 0 Å². The summed E-state index contributed by atoms with van der Waals surface area (Å²) in [6.07, 6.45) is 5.60. The summed E-state index contributed by atoms with van der Waals surface area (Å²) in [6.45, 7) is 5.08. The van der Waals surface area contributed by atoms with Crippen molar-refractivity contribution in [2.24, 2.45) is 4.99 Å². The van der Waals surface area contributed by atoms with Crippen LogP contribution in [0.25, 0.3) is 0 Å². The number of para-hydroxylation sites is 1. The molecular formula is C23H30IN5O. The Kier molecular flexibility index (Phi) is 9.66. The topological polar surface area (TPSA) is 54.7 Å². The molecule has 0 unspecified atom stereocenters. The fourth-order valence-electron chi connectivity index (χ4n) is 3.14. The number of hydrogen-bond donors (Lipinski definition) is 1. The maximum absolute atomic E-state index is 5.47. The molecule has 1 aromatic heterocycles. The van der Waals surface area contributed by atoms with Crippen molar-refractivity contribution in [3.05, 3.63) is 83.9 Å². The van der Waals surface area contributed by atoms with E-state index in [9.17, 15) is 0 Å². The zero-order valence-electron chi connectivity index (χ0n) is 17.8. The van der Waals surface area contributed by atoms with Crippen molar-refractivity contribution in [1.82, 2.24) is 19.8 Å². The molecule has 0 aliphatic carbocycles. The number of aliphatic imine (C=N–C) groups is 1. The highest BCUT2D eigenvalue weighted by Gasteiger charge is 2.09. The second-order valence-corrected chi connectivity index (χ2v) is 6.89. The molecule has 3 rings (SSSR count). The second kappa shape index (κ2) is 12.2. The molecule has 0 atom stereocenters. The monoisotopic (exact) mass is 519 g/mol. The summed E-state index contributed by atoms with van der Waals surface area (Å²) in [5, 5.41) is 3.38. The number of nitrogens with one attached hydrogen (secondary N) is 1. The summed E-state index contributed by atoms with van der Waals surface area (Å²) >= 11 is 0. The molecule has 0 fully saturated rings. The predicted octanol–water partition coefficient (Wildman–Crippen LogP) is 4.16. The first-order valence-corrected chi connectivity index (χ1v) is 9.84. The van der Waals surface area contributed by atoms with Gasteiger partial charge in [0.2, 0.25) is 0 Å². The molecule has 1 heterocycles. The number of rotatable bonds is 8. The van der Waals surface area contributed by atoms with E-state index in [4.69, 9.17) is 9.73 Å². The van der Waals surface area contributed by atoms with Crippen molar-refractivity contribution in [3.8, 4) is 5.75 Å². The Morgan fingerprint density at radius 3 is 2.53 bits per heavy atom. The average molecular weight is 519 g/mol. The van der Waals surface area contributed by atoms with Gasteiger partial charge in [-0.1, -0.05) is 42.5 Å². The Balaban J connectivity index is 0.00000320. The maximum Gasteiger partial charge on any atom is 0.194 e. The largest absolute Gasteiger partial charge is 0.496 e. The van der Waals surface area contributed by atoms with Gasteiger partial charge in [-0.05, 0) is 24.1 Å². The highest BCUT2D eigenvalue weighted by Crippen LogP contribution is 2.18. The Labute approximate surface area is 196 Å². The number of benzene rings is 2. The van der Waals surface area contributed by atoms with Gasteiger partial charge in [-0.3, -0.25) is 0 Å². The van der Waals surface area contributed by atoms with Gasteiger partial charge in [0.15, 0.2) is 5.96 Å². The van der Waals surface area contributed by atoms with Crippen LogP contribution in [0.1, 0.15) is 23.6 Å². The van der Waals surface area contributed by atoms with E-state index in [-0.39, 0.29) is 24.0 Å². The molecule has 0 spiro atoms. The number of hydrogen-bond acceptors (Lipinski definition) is 3. The predicted molar refractivity (Wildman–Crippen MR) is 132 cm³/mol. The number of aromatic nitrogens is 2. The lowest BCUT2D eigenvalue weighted by atomic mass is 10.1. The summed E-state index contributed by atoms with van der Waals surface area (Å²) in [6, 6.07) is 16.7. The molecule has 0 saturated heterocycles. The first-order chi connectivity index (χ1) is 14.2. The molecule has 0 aliphatic heterocycles. The fraction of sp³-hybridized carbons (Fsp3) is 0.304. The van der Waals surface area contributed by atoms with Crippen molar-refractivity contribution in [2.75, 3.05) is 20.7 Å². The lowest BCUT2D eigenvalue weighted by Gasteiger charge is -2.23. The first kappa shape index (κ1) is 23.7. The minimum atomic E-state index is 0. The van der Waals surface area contributed by atoms with Crippen molar-refractivity contribution >= 4 is 29.9 Å². The Morgan fingerprint density at radius 1 is 1.13 bits per heavy atom. The van der Waals surface area contributed by atoms with Gasteiger partial charge >= 0.3 is 0 Å². The van der Waals surface area contributed by atoms with Gasteiger partial charge in [0.05, 0.1) is 20.0 Å². The number of guanidine groups is 1. The van der Waals surface area contributed by atoms with Gasteiger partial charge < -0.3 is 19.5 Å². The zero-order chi connectivity index (χ0) is 20.5. The summed E-state index contributed by atoms with van der Waals surface area (Å²) < 4.78 is 7.53. The van der Waals surface area contributed by atoms with E-state index >= 15 is 0 Å². The first-order valence-electron chi connectivity index (χ1n) is 9.84. The van der Waals surface area contributed by atoms with Crippen LogP contribution in [0.2, 0.25) is 0 Å². The average Bonchev–Trinajstić information content (AvgIpc) is 3.25. The van der Waals surface area contributed by atoms with E-state index in [1.807, 2.05) is 37.8 Å². The molecule has 2 aromatic carbocycles. The lowest BCUT2D eigenvalue weighted by Crippen LogP contribution is -2.38. The van der Waals surface area contributed by atoms with E-state index in [0.717, 1.165) is 36.9 Å². The van der Waals surface area contributed by atoms with E-state index in [1.165, 1.54) is 11.1 Å². The molecule has 7 heteroatoms. The lowest BCUT2D eigenvalue weighted by molar-refractivity contribution is 0.396. The zero-order valence-corrected chi connectivity index (χ0v) is 20.1. The molecule has 30 heavy (non-hydrogen) atoms. The summed E-state index contributed by atoms with van der Waals surface area (Å²) in [5.41, 5.74) is 3.56. The fourth-order valence-corrected chi connectivity index (χ4v) is 3.14. The molecule has 0 amide bonds. The van der Waals surface area contributed by atoms with Crippen LogP contribution in [-0.2, 0) is 19.6 Å². The third-order valence-electron chi connectivity index (χ3n) is 4.66. The molecule has 0 aliphatic rings.